The topological polar surface area (TPSA) is 75.1 Å². The van der Waals surface area contributed by atoms with Crippen LogP contribution in [-0.2, 0) is 17.6 Å². The van der Waals surface area contributed by atoms with Crippen LogP contribution in [0.2, 0.25) is 0 Å². The standard InChI is InChI=1S/C20H17F2N3O2/c1-12-14(3-2-4-17(12)22)9-18-15(10-19(26)25-27)11-23-20(24-18)13-5-7-16(21)8-6-13/h2-8,11,27H,9-10H2,1H3,(H,25,26). The van der Waals surface area contributed by atoms with Crippen LogP contribution < -0.4 is 5.48 Å². The molecule has 5 nitrogen and oxygen atoms in total. The average molecular weight is 369 g/mol. The number of hydrogen-bond acceptors (Lipinski definition) is 4. The Labute approximate surface area is 154 Å². The number of nitrogens with zero attached hydrogens (tertiary/aromatic N) is 2. The van der Waals surface area contributed by atoms with Crippen LogP contribution in [0.25, 0.3) is 11.4 Å². The van der Waals surface area contributed by atoms with E-state index in [1.807, 2.05) is 0 Å². The maximum atomic E-state index is 13.9. The number of halogens is 2. The molecule has 0 aliphatic rings. The van der Waals surface area contributed by atoms with Crippen molar-refractivity contribution in [1.29, 1.82) is 0 Å². The Morgan fingerprint density at radius 1 is 1.11 bits per heavy atom. The lowest BCUT2D eigenvalue weighted by Gasteiger charge is -2.12. The molecule has 2 N–H and O–H groups in total. The largest absolute Gasteiger partial charge is 0.289 e. The van der Waals surface area contributed by atoms with Crippen LogP contribution in [0.3, 0.4) is 0 Å². The van der Waals surface area contributed by atoms with Crippen LogP contribution in [0.5, 0.6) is 0 Å². The van der Waals surface area contributed by atoms with E-state index >= 15 is 0 Å². The van der Waals surface area contributed by atoms with E-state index in [4.69, 9.17) is 5.21 Å². The molecular formula is C20H17F2N3O2. The number of nitrogens with one attached hydrogen (secondary N) is 1. The third-order valence-corrected chi connectivity index (χ3v) is 4.27. The number of carbonyl (C=O) groups excluding carboxylic acids is 1. The number of amides is 1. The van der Waals surface area contributed by atoms with Gasteiger partial charge in [-0.05, 0) is 48.4 Å². The minimum Gasteiger partial charge on any atom is -0.289 e. The van der Waals surface area contributed by atoms with E-state index in [9.17, 15) is 13.6 Å². The molecule has 1 heterocycles. The van der Waals surface area contributed by atoms with E-state index in [-0.39, 0.29) is 24.5 Å². The quantitative estimate of drug-likeness (QED) is 0.534. The molecule has 1 amide bonds. The molecule has 0 spiro atoms. The second-order valence-corrected chi connectivity index (χ2v) is 6.08. The first-order valence-electron chi connectivity index (χ1n) is 8.25. The molecule has 2 aromatic carbocycles. The van der Waals surface area contributed by atoms with Gasteiger partial charge in [-0.15, -0.1) is 0 Å². The third kappa shape index (κ3) is 4.32. The maximum absolute atomic E-state index is 13.9. The SMILES string of the molecule is Cc1c(F)cccc1Cc1nc(-c2ccc(F)cc2)ncc1CC(=O)NO. The van der Waals surface area contributed by atoms with Gasteiger partial charge in [-0.25, -0.2) is 24.2 Å². The van der Waals surface area contributed by atoms with Crippen LogP contribution in [0, 0.1) is 18.6 Å². The lowest BCUT2D eigenvalue weighted by molar-refractivity contribution is -0.128. The highest BCUT2D eigenvalue weighted by Gasteiger charge is 2.14. The van der Waals surface area contributed by atoms with Crippen molar-refractivity contribution in [3.63, 3.8) is 0 Å². The molecule has 7 heteroatoms. The summed E-state index contributed by atoms with van der Waals surface area (Å²) in [5.41, 5.74) is 4.46. The van der Waals surface area contributed by atoms with E-state index in [0.29, 0.717) is 28.2 Å². The predicted octanol–water partition coefficient (Wildman–Crippen LogP) is 3.37. The molecule has 0 saturated heterocycles. The Hall–Kier alpha value is -3.19. The fourth-order valence-corrected chi connectivity index (χ4v) is 2.72. The third-order valence-electron chi connectivity index (χ3n) is 4.27. The summed E-state index contributed by atoms with van der Waals surface area (Å²) in [6.45, 7) is 1.67. The predicted molar refractivity (Wildman–Crippen MR) is 95.0 cm³/mol. The Bertz CT molecular complexity index is 975. The average Bonchev–Trinajstić information content (AvgIpc) is 2.67. The summed E-state index contributed by atoms with van der Waals surface area (Å²) in [6.07, 6.45) is 1.66. The molecule has 3 rings (SSSR count). The monoisotopic (exact) mass is 369 g/mol. The van der Waals surface area contributed by atoms with Crippen molar-refractivity contribution in [2.24, 2.45) is 0 Å². The number of aromatic nitrogens is 2. The first kappa shape index (κ1) is 18.6. The molecular weight excluding hydrogens is 352 g/mol. The van der Waals surface area contributed by atoms with Gasteiger partial charge in [0.25, 0.3) is 0 Å². The Balaban J connectivity index is 2.03. The number of benzene rings is 2. The van der Waals surface area contributed by atoms with Crippen LogP contribution in [0.1, 0.15) is 22.4 Å². The normalized spacial score (nSPS) is 10.7. The Kier molecular flexibility index (Phi) is 5.52. The zero-order valence-electron chi connectivity index (χ0n) is 14.5. The molecule has 0 saturated carbocycles. The fourth-order valence-electron chi connectivity index (χ4n) is 2.72. The zero-order chi connectivity index (χ0) is 19.4. The van der Waals surface area contributed by atoms with Crippen molar-refractivity contribution in [3.8, 4) is 11.4 Å². The molecule has 1 aromatic heterocycles. The molecule has 0 fully saturated rings. The van der Waals surface area contributed by atoms with Gasteiger partial charge in [0.05, 0.1) is 12.1 Å². The highest BCUT2D eigenvalue weighted by molar-refractivity contribution is 5.77. The van der Waals surface area contributed by atoms with E-state index in [1.165, 1.54) is 24.4 Å². The number of rotatable bonds is 5. The van der Waals surface area contributed by atoms with Crippen LogP contribution in [0.4, 0.5) is 8.78 Å². The lowest BCUT2D eigenvalue weighted by atomic mass is 10.00. The highest BCUT2D eigenvalue weighted by Crippen LogP contribution is 2.21. The van der Waals surface area contributed by atoms with Gasteiger partial charge in [-0.2, -0.15) is 0 Å². The van der Waals surface area contributed by atoms with Gasteiger partial charge < -0.3 is 0 Å². The van der Waals surface area contributed by atoms with E-state index in [0.717, 1.165) is 5.56 Å². The molecule has 0 radical (unpaired) electrons. The van der Waals surface area contributed by atoms with Crippen molar-refractivity contribution in [2.45, 2.75) is 19.8 Å². The summed E-state index contributed by atoms with van der Waals surface area (Å²) in [6, 6.07) is 10.5. The molecule has 0 bridgehead atoms. The minimum atomic E-state index is -0.606. The minimum absolute atomic E-state index is 0.121. The van der Waals surface area contributed by atoms with Crippen molar-refractivity contribution < 1.29 is 18.8 Å². The van der Waals surface area contributed by atoms with Gasteiger partial charge in [-0.1, -0.05) is 12.1 Å². The Morgan fingerprint density at radius 3 is 2.56 bits per heavy atom. The molecule has 0 aliphatic carbocycles. The van der Waals surface area contributed by atoms with Gasteiger partial charge in [0.2, 0.25) is 5.91 Å². The number of hydroxylamine groups is 1. The summed E-state index contributed by atoms with van der Waals surface area (Å²) < 4.78 is 27.0. The van der Waals surface area contributed by atoms with Crippen molar-refractivity contribution in [1.82, 2.24) is 15.4 Å². The van der Waals surface area contributed by atoms with Crippen molar-refractivity contribution in [2.75, 3.05) is 0 Å². The van der Waals surface area contributed by atoms with Gasteiger partial charge in [0, 0.05) is 23.7 Å². The van der Waals surface area contributed by atoms with Crippen LogP contribution in [-0.4, -0.2) is 21.1 Å². The number of hydrogen-bond donors (Lipinski definition) is 2. The summed E-state index contributed by atoms with van der Waals surface area (Å²) >= 11 is 0. The summed E-state index contributed by atoms with van der Waals surface area (Å²) in [4.78, 5) is 20.3. The highest BCUT2D eigenvalue weighted by atomic mass is 19.1. The second kappa shape index (κ2) is 8.01. The van der Waals surface area contributed by atoms with E-state index in [2.05, 4.69) is 9.97 Å². The molecule has 27 heavy (non-hydrogen) atoms. The first-order valence-corrected chi connectivity index (χ1v) is 8.25. The van der Waals surface area contributed by atoms with Gasteiger partial charge in [0.15, 0.2) is 5.82 Å². The first-order chi connectivity index (χ1) is 13.0. The smallest absolute Gasteiger partial charge is 0.247 e. The van der Waals surface area contributed by atoms with Crippen molar-refractivity contribution >= 4 is 5.91 Å². The van der Waals surface area contributed by atoms with Crippen molar-refractivity contribution in [3.05, 3.63) is 82.7 Å². The van der Waals surface area contributed by atoms with Gasteiger partial charge >= 0.3 is 0 Å². The second-order valence-electron chi connectivity index (χ2n) is 6.08. The van der Waals surface area contributed by atoms with E-state index < -0.39 is 5.91 Å². The van der Waals surface area contributed by atoms with Crippen LogP contribution >= 0.6 is 0 Å². The summed E-state index contributed by atoms with van der Waals surface area (Å²) in [5, 5.41) is 8.79. The Morgan fingerprint density at radius 2 is 1.85 bits per heavy atom. The van der Waals surface area contributed by atoms with Crippen LogP contribution in [0.15, 0.2) is 48.7 Å². The fraction of sp³-hybridized carbons (Fsp3) is 0.150. The van der Waals surface area contributed by atoms with Gasteiger partial charge in [-0.3, -0.25) is 10.0 Å². The maximum Gasteiger partial charge on any atom is 0.247 e. The molecule has 3 aromatic rings. The zero-order valence-corrected chi connectivity index (χ0v) is 14.5. The molecule has 0 unspecified atom stereocenters. The van der Waals surface area contributed by atoms with Gasteiger partial charge in [0.1, 0.15) is 11.6 Å². The lowest BCUT2D eigenvalue weighted by Crippen LogP contribution is -2.22. The number of carbonyl (C=O) groups is 1. The molecule has 0 atom stereocenters. The molecule has 0 aliphatic heterocycles. The summed E-state index contributed by atoms with van der Waals surface area (Å²) in [7, 11) is 0. The van der Waals surface area contributed by atoms with E-state index in [1.54, 1.807) is 36.7 Å². The summed E-state index contributed by atoms with van der Waals surface area (Å²) in [5.74, 6) is -0.932. The molecule has 138 valence electrons.